The van der Waals surface area contributed by atoms with Gasteiger partial charge in [0.05, 0.1) is 6.10 Å². The Morgan fingerprint density at radius 3 is 2.25 bits per heavy atom. The first-order valence-electron chi connectivity index (χ1n) is 3.32. The molecule has 1 radical (unpaired) electrons. The summed E-state index contributed by atoms with van der Waals surface area (Å²) >= 11 is 0. The van der Waals surface area contributed by atoms with Crippen molar-refractivity contribution < 1.29 is 5.11 Å². The van der Waals surface area contributed by atoms with Crippen molar-refractivity contribution in [2.45, 2.75) is 31.8 Å². The number of hydrogen-bond donors (Lipinski definition) is 1. The van der Waals surface area contributed by atoms with Crippen LogP contribution in [-0.2, 0) is 0 Å². The third-order valence-corrected chi connectivity index (χ3v) is 1.87. The second-order valence-corrected chi connectivity index (χ2v) is 2.61. The van der Waals surface area contributed by atoms with Crippen molar-refractivity contribution in [1.29, 1.82) is 0 Å². The normalized spacial score (nSPS) is 39.8. The molecule has 0 saturated heterocycles. The fourth-order valence-electron chi connectivity index (χ4n) is 1.19. The molecule has 1 saturated carbocycles. The average Bonchev–Trinajstić information content (AvgIpc) is 1.77. The van der Waals surface area contributed by atoms with E-state index in [0.717, 1.165) is 12.8 Å². The van der Waals surface area contributed by atoms with Gasteiger partial charge in [-0.3, -0.25) is 0 Å². The summed E-state index contributed by atoms with van der Waals surface area (Å²) in [4.78, 5) is 0. The summed E-state index contributed by atoms with van der Waals surface area (Å²) in [6, 6.07) is 0. The van der Waals surface area contributed by atoms with E-state index in [9.17, 15) is 0 Å². The van der Waals surface area contributed by atoms with Gasteiger partial charge in [-0.15, -0.1) is 0 Å². The first-order valence-corrected chi connectivity index (χ1v) is 3.32. The molecule has 2 atom stereocenters. The predicted octanol–water partition coefficient (Wildman–Crippen LogP) is 1.37. The zero-order valence-corrected chi connectivity index (χ0v) is 5.14. The molecule has 1 fully saturated rings. The van der Waals surface area contributed by atoms with E-state index in [-0.39, 0.29) is 6.10 Å². The van der Waals surface area contributed by atoms with E-state index < -0.39 is 0 Å². The molecule has 0 aromatic heterocycles. The average molecular weight is 113 g/mol. The van der Waals surface area contributed by atoms with Crippen LogP contribution in [0.2, 0.25) is 0 Å². The molecule has 0 unspecified atom stereocenters. The highest BCUT2D eigenvalue weighted by Gasteiger charge is 2.17. The number of hydrogen-bond acceptors (Lipinski definition) is 1. The van der Waals surface area contributed by atoms with Crippen molar-refractivity contribution in [3.63, 3.8) is 0 Å². The summed E-state index contributed by atoms with van der Waals surface area (Å²) < 4.78 is 0. The van der Waals surface area contributed by atoms with E-state index in [1.165, 1.54) is 12.8 Å². The number of rotatable bonds is 0. The molecule has 1 nitrogen and oxygen atoms in total. The summed E-state index contributed by atoms with van der Waals surface area (Å²) in [6.45, 7) is 3.83. The van der Waals surface area contributed by atoms with Crippen LogP contribution in [0.25, 0.3) is 0 Å². The monoisotopic (exact) mass is 113 g/mol. The van der Waals surface area contributed by atoms with Crippen LogP contribution < -0.4 is 0 Å². The van der Waals surface area contributed by atoms with Gasteiger partial charge in [-0.2, -0.15) is 0 Å². The van der Waals surface area contributed by atoms with Crippen LogP contribution in [0, 0.1) is 12.8 Å². The third-order valence-electron chi connectivity index (χ3n) is 1.87. The SMILES string of the molecule is [CH2][C@H]1CCCC[C@@H]1O. The molecule has 1 N–H and O–H groups in total. The quantitative estimate of drug-likeness (QED) is 0.503. The summed E-state index contributed by atoms with van der Waals surface area (Å²) in [7, 11) is 0. The van der Waals surface area contributed by atoms with E-state index >= 15 is 0 Å². The highest BCUT2D eigenvalue weighted by molar-refractivity contribution is 4.75. The fourth-order valence-corrected chi connectivity index (χ4v) is 1.19. The Morgan fingerprint density at radius 2 is 1.88 bits per heavy atom. The molecule has 0 aromatic rings. The topological polar surface area (TPSA) is 20.2 Å². The highest BCUT2D eigenvalue weighted by Crippen LogP contribution is 2.22. The molecule has 1 aliphatic rings. The van der Waals surface area contributed by atoms with Crippen molar-refractivity contribution in [3.05, 3.63) is 6.92 Å². The lowest BCUT2D eigenvalue weighted by Gasteiger charge is -2.23. The lowest BCUT2D eigenvalue weighted by molar-refractivity contribution is 0.0915. The lowest BCUT2D eigenvalue weighted by Crippen LogP contribution is -2.21. The van der Waals surface area contributed by atoms with Gasteiger partial charge in [-0.25, -0.2) is 0 Å². The van der Waals surface area contributed by atoms with Crippen LogP contribution in [0.15, 0.2) is 0 Å². The summed E-state index contributed by atoms with van der Waals surface area (Å²) in [5.41, 5.74) is 0. The van der Waals surface area contributed by atoms with Gasteiger partial charge in [-0.05, 0) is 25.7 Å². The molecule has 1 rings (SSSR count). The van der Waals surface area contributed by atoms with Gasteiger partial charge in [0.2, 0.25) is 0 Å². The molecule has 0 spiro atoms. The lowest BCUT2D eigenvalue weighted by atomic mass is 9.88. The second-order valence-electron chi connectivity index (χ2n) is 2.61. The minimum Gasteiger partial charge on any atom is -0.393 e. The first-order chi connectivity index (χ1) is 3.80. The predicted molar refractivity (Wildman–Crippen MR) is 33.3 cm³/mol. The Morgan fingerprint density at radius 1 is 1.25 bits per heavy atom. The van der Waals surface area contributed by atoms with Crippen molar-refractivity contribution >= 4 is 0 Å². The van der Waals surface area contributed by atoms with Crippen molar-refractivity contribution in [2.75, 3.05) is 0 Å². The van der Waals surface area contributed by atoms with Crippen LogP contribution in [0.4, 0.5) is 0 Å². The van der Waals surface area contributed by atoms with Gasteiger partial charge >= 0.3 is 0 Å². The van der Waals surface area contributed by atoms with Gasteiger partial charge < -0.3 is 5.11 Å². The molecule has 8 heavy (non-hydrogen) atoms. The van der Waals surface area contributed by atoms with E-state index in [1.807, 2.05) is 0 Å². The van der Waals surface area contributed by atoms with E-state index in [4.69, 9.17) is 5.11 Å². The molecule has 0 heterocycles. The van der Waals surface area contributed by atoms with Crippen molar-refractivity contribution in [3.8, 4) is 0 Å². The maximum atomic E-state index is 9.12. The smallest absolute Gasteiger partial charge is 0.0568 e. The standard InChI is InChI=1S/C7H13O/c1-6-4-2-3-5-7(6)8/h6-8H,1-5H2/t6-,7-/m0/s1. The van der Waals surface area contributed by atoms with E-state index in [2.05, 4.69) is 6.92 Å². The maximum absolute atomic E-state index is 9.12. The van der Waals surface area contributed by atoms with Gasteiger partial charge in [0.1, 0.15) is 0 Å². The second kappa shape index (κ2) is 2.49. The zero-order chi connectivity index (χ0) is 5.98. The molecular formula is C7H13O. The minimum absolute atomic E-state index is 0.108. The maximum Gasteiger partial charge on any atom is 0.0568 e. The Balaban J connectivity index is 2.28. The van der Waals surface area contributed by atoms with E-state index in [1.54, 1.807) is 0 Å². The van der Waals surface area contributed by atoms with Crippen LogP contribution in [0.3, 0.4) is 0 Å². The van der Waals surface area contributed by atoms with Crippen LogP contribution >= 0.6 is 0 Å². The van der Waals surface area contributed by atoms with Crippen LogP contribution in [-0.4, -0.2) is 11.2 Å². The number of aliphatic hydroxyl groups excluding tert-OH is 1. The minimum atomic E-state index is -0.108. The molecule has 47 valence electrons. The molecule has 0 aromatic carbocycles. The summed E-state index contributed by atoms with van der Waals surface area (Å²) in [5.74, 6) is 0.309. The van der Waals surface area contributed by atoms with Crippen molar-refractivity contribution in [1.82, 2.24) is 0 Å². The Bertz CT molecular complexity index is 60.8. The first kappa shape index (κ1) is 6.09. The highest BCUT2D eigenvalue weighted by atomic mass is 16.3. The van der Waals surface area contributed by atoms with Gasteiger partial charge in [0.15, 0.2) is 0 Å². The summed E-state index contributed by atoms with van der Waals surface area (Å²) in [5, 5.41) is 9.12. The Hall–Kier alpha value is -0.0400. The van der Waals surface area contributed by atoms with E-state index in [0.29, 0.717) is 5.92 Å². The Labute approximate surface area is 50.7 Å². The van der Waals surface area contributed by atoms with Crippen LogP contribution in [0.5, 0.6) is 0 Å². The third kappa shape index (κ3) is 1.22. The van der Waals surface area contributed by atoms with Gasteiger partial charge in [-0.1, -0.05) is 12.8 Å². The molecule has 1 heteroatoms. The molecule has 0 aliphatic heterocycles. The zero-order valence-electron chi connectivity index (χ0n) is 5.14. The van der Waals surface area contributed by atoms with Crippen LogP contribution in [0.1, 0.15) is 25.7 Å². The van der Waals surface area contributed by atoms with Gasteiger partial charge in [0, 0.05) is 0 Å². The molecule has 0 amide bonds. The van der Waals surface area contributed by atoms with Crippen molar-refractivity contribution in [2.24, 2.45) is 5.92 Å². The fraction of sp³-hybridized carbons (Fsp3) is 0.857. The molecule has 1 aliphatic carbocycles. The molecule has 0 bridgehead atoms. The number of aliphatic hydroxyl groups is 1. The molecular weight excluding hydrogens is 100 g/mol. The van der Waals surface area contributed by atoms with Gasteiger partial charge in [0.25, 0.3) is 0 Å². The Kier molecular flexibility index (Phi) is 1.90. The summed E-state index contributed by atoms with van der Waals surface area (Å²) in [6.07, 6.45) is 4.41. The largest absolute Gasteiger partial charge is 0.393 e.